The molecule has 1 aliphatic carbocycles. The molecule has 0 N–H and O–H groups in total. The molecule has 23 heavy (non-hydrogen) atoms. The number of pyridine rings is 1. The Bertz CT molecular complexity index is 540. The van der Waals surface area contributed by atoms with Crippen LogP contribution in [0, 0.1) is 5.92 Å². The molecule has 2 saturated heterocycles. The quantitative estimate of drug-likeness (QED) is 0.841. The van der Waals surface area contributed by atoms with Crippen LogP contribution >= 0.6 is 0 Å². The van der Waals surface area contributed by atoms with Gasteiger partial charge in [-0.05, 0) is 43.4 Å². The molecular weight excluding hydrogens is 290 g/mol. The number of hydrogen-bond donors (Lipinski definition) is 0. The van der Waals surface area contributed by atoms with Crippen molar-refractivity contribution in [2.24, 2.45) is 5.92 Å². The fourth-order valence-corrected chi connectivity index (χ4v) is 4.02. The summed E-state index contributed by atoms with van der Waals surface area (Å²) < 4.78 is 5.50. The Morgan fingerprint density at radius 1 is 1.13 bits per heavy atom. The molecule has 0 spiro atoms. The molecule has 1 aromatic heterocycles. The van der Waals surface area contributed by atoms with Crippen LogP contribution in [0.3, 0.4) is 0 Å². The number of likely N-dealkylation sites (tertiary alicyclic amines) is 1. The molecule has 0 unspecified atom stereocenters. The Balaban J connectivity index is 1.53. The van der Waals surface area contributed by atoms with Gasteiger partial charge in [0.15, 0.2) is 0 Å². The topological polar surface area (TPSA) is 45.7 Å². The molecule has 1 amide bonds. The van der Waals surface area contributed by atoms with Gasteiger partial charge in [-0.2, -0.15) is 0 Å². The summed E-state index contributed by atoms with van der Waals surface area (Å²) in [7, 11) is 0. The van der Waals surface area contributed by atoms with Gasteiger partial charge in [-0.25, -0.2) is 0 Å². The van der Waals surface area contributed by atoms with Crippen molar-refractivity contribution in [1.82, 2.24) is 14.8 Å². The summed E-state index contributed by atoms with van der Waals surface area (Å²) in [4.78, 5) is 21.5. The number of nitrogens with zero attached hydrogens (tertiary/aromatic N) is 3. The van der Waals surface area contributed by atoms with Crippen molar-refractivity contribution in [3.05, 3.63) is 30.1 Å². The van der Waals surface area contributed by atoms with E-state index < -0.39 is 0 Å². The number of morpholine rings is 1. The van der Waals surface area contributed by atoms with E-state index >= 15 is 0 Å². The predicted molar refractivity (Wildman–Crippen MR) is 87.0 cm³/mol. The van der Waals surface area contributed by atoms with Gasteiger partial charge >= 0.3 is 0 Å². The number of hydrogen-bond acceptors (Lipinski definition) is 4. The van der Waals surface area contributed by atoms with Crippen molar-refractivity contribution in [1.29, 1.82) is 0 Å². The van der Waals surface area contributed by atoms with Gasteiger partial charge in [0.25, 0.3) is 0 Å². The van der Waals surface area contributed by atoms with Gasteiger partial charge in [-0.1, -0.05) is 0 Å². The van der Waals surface area contributed by atoms with Gasteiger partial charge in [0.2, 0.25) is 5.91 Å². The fraction of sp³-hybridized carbons (Fsp3) is 0.667. The van der Waals surface area contributed by atoms with Gasteiger partial charge in [-0.15, -0.1) is 0 Å². The van der Waals surface area contributed by atoms with Crippen LogP contribution in [0.15, 0.2) is 24.5 Å². The van der Waals surface area contributed by atoms with Crippen molar-refractivity contribution in [3.8, 4) is 0 Å². The van der Waals surface area contributed by atoms with Crippen molar-refractivity contribution in [3.63, 3.8) is 0 Å². The standard InChI is InChI=1S/C18H25N3O2/c22-18(15-1-2-15)21-8-5-16(20-9-11-23-12-10-20)17(21)13-14-3-6-19-7-4-14/h3-4,6-7,15-17H,1-2,5,8-13H2/t16-,17+/m0/s1. The predicted octanol–water partition coefficient (Wildman–Crippen LogP) is 1.34. The summed E-state index contributed by atoms with van der Waals surface area (Å²) in [5, 5.41) is 0. The lowest BCUT2D eigenvalue weighted by Gasteiger charge is -2.37. The highest BCUT2D eigenvalue weighted by Gasteiger charge is 2.44. The van der Waals surface area contributed by atoms with Gasteiger partial charge in [-0.3, -0.25) is 14.7 Å². The molecule has 2 aliphatic heterocycles. The third-order valence-electron chi connectivity index (χ3n) is 5.43. The largest absolute Gasteiger partial charge is 0.379 e. The number of carbonyl (C=O) groups is 1. The monoisotopic (exact) mass is 315 g/mol. The van der Waals surface area contributed by atoms with Gasteiger partial charge in [0.1, 0.15) is 0 Å². The zero-order valence-corrected chi connectivity index (χ0v) is 13.6. The molecule has 4 rings (SSSR count). The second kappa shape index (κ2) is 6.57. The van der Waals surface area contributed by atoms with E-state index in [1.165, 1.54) is 5.56 Å². The summed E-state index contributed by atoms with van der Waals surface area (Å²) in [6, 6.07) is 4.92. The lowest BCUT2D eigenvalue weighted by atomic mass is 9.99. The highest BCUT2D eigenvalue weighted by molar-refractivity contribution is 5.81. The highest BCUT2D eigenvalue weighted by atomic mass is 16.5. The minimum Gasteiger partial charge on any atom is -0.379 e. The van der Waals surface area contributed by atoms with E-state index in [0.29, 0.717) is 23.9 Å². The van der Waals surface area contributed by atoms with Crippen molar-refractivity contribution in [2.45, 2.75) is 37.8 Å². The van der Waals surface area contributed by atoms with Crippen LogP contribution in [0.4, 0.5) is 0 Å². The summed E-state index contributed by atoms with van der Waals surface area (Å²) in [5.74, 6) is 0.693. The minimum absolute atomic E-state index is 0.295. The summed E-state index contributed by atoms with van der Waals surface area (Å²) in [6.07, 6.45) is 7.89. The Labute approximate surface area is 137 Å². The highest BCUT2D eigenvalue weighted by Crippen LogP contribution is 2.35. The summed E-state index contributed by atoms with van der Waals surface area (Å²) >= 11 is 0. The van der Waals surface area contributed by atoms with Crippen LogP contribution in [-0.4, -0.2) is 65.6 Å². The average molecular weight is 315 g/mol. The van der Waals surface area contributed by atoms with E-state index in [9.17, 15) is 4.79 Å². The molecule has 3 fully saturated rings. The first-order valence-corrected chi connectivity index (χ1v) is 8.84. The second-order valence-electron chi connectivity index (χ2n) is 6.94. The van der Waals surface area contributed by atoms with E-state index in [0.717, 1.165) is 58.5 Å². The summed E-state index contributed by atoms with van der Waals surface area (Å²) in [5.41, 5.74) is 1.28. The third kappa shape index (κ3) is 3.26. The lowest BCUT2D eigenvalue weighted by molar-refractivity contribution is -0.134. The van der Waals surface area contributed by atoms with Gasteiger partial charge in [0.05, 0.1) is 19.3 Å². The first-order chi connectivity index (χ1) is 11.3. The molecule has 0 bridgehead atoms. The first kappa shape index (κ1) is 15.1. The van der Waals surface area contributed by atoms with E-state index in [1.807, 2.05) is 12.4 Å². The molecule has 2 atom stereocenters. The van der Waals surface area contributed by atoms with Crippen LogP contribution in [0.25, 0.3) is 0 Å². The number of aromatic nitrogens is 1. The first-order valence-electron chi connectivity index (χ1n) is 8.84. The summed E-state index contributed by atoms with van der Waals surface area (Å²) in [6.45, 7) is 4.52. The van der Waals surface area contributed by atoms with E-state index in [1.54, 1.807) is 0 Å². The Hall–Kier alpha value is -1.46. The maximum absolute atomic E-state index is 12.7. The smallest absolute Gasteiger partial charge is 0.225 e. The molecule has 1 aromatic rings. The SMILES string of the molecule is O=C(C1CC1)N1CC[C@H](N2CCOCC2)[C@H]1Cc1ccncc1. The molecule has 0 aromatic carbocycles. The maximum atomic E-state index is 12.7. The Kier molecular flexibility index (Phi) is 4.31. The molecule has 0 radical (unpaired) electrons. The van der Waals surface area contributed by atoms with E-state index in [-0.39, 0.29) is 0 Å². The van der Waals surface area contributed by atoms with Crippen molar-refractivity contribution < 1.29 is 9.53 Å². The third-order valence-corrected chi connectivity index (χ3v) is 5.43. The average Bonchev–Trinajstić information content (AvgIpc) is 3.37. The van der Waals surface area contributed by atoms with Crippen LogP contribution in [0.5, 0.6) is 0 Å². The maximum Gasteiger partial charge on any atom is 0.225 e. The van der Waals surface area contributed by atoms with Crippen molar-refractivity contribution in [2.75, 3.05) is 32.8 Å². The van der Waals surface area contributed by atoms with Crippen LogP contribution in [0.2, 0.25) is 0 Å². The Morgan fingerprint density at radius 2 is 1.87 bits per heavy atom. The molecule has 1 saturated carbocycles. The minimum atomic E-state index is 0.295. The van der Waals surface area contributed by atoms with Crippen LogP contribution < -0.4 is 0 Å². The van der Waals surface area contributed by atoms with E-state index in [4.69, 9.17) is 4.74 Å². The van der Waals surface area contributed by atoms with E-state index in [2.05, 4.69) is 26.9 Å². The molecule has 3 aliphatic rings. The van der Waals surface area contributed by atoms with Crippen LogP contribution in [0.1, 0.15) is 24.8 Å². The molecule has 3 heterocycles. The second-order valence-corrected chi connectivity index (χ2v) is 6.94. The van der Waals surface area contributed by atoms with Crippen LogP contribution in [-0.2, 0) is 16.0 Å². The number of rotatable bonds is 4. The van der Waals surface area contributed by atoms with Gasteiger partial charge in [0, 0.05) is 44.0 Å². The normalized spacial score (nSPS) is 29.0. The molecule has 5 nitrogen and oxygen atoms in total. The zero-order chi connectivity index (χ0) is 15.6. The zero-order valence-electron chi connectivity index (χ0n) is 13.6. The molecular formula is C18H25N3O2. The number of amides is 1. The molecule has 5 heteroatoms. The molecule has 124 valence electrons. The van der Waals surface area contributed by atoms with Gasteiger partial charge < -0.3 is 9.64 Å². The fourth-order valence-electron chi connectivity index (χ4n) is 4.02. The van der Waals surface area contributed by atoms with Crippen molar-refractivity contribution >= 4 is 5.91 Å². The number of ether oxygens (including phenoxy) is 1. The lowest BCUT2D eigenvalue weighted by Crippen LogP contribution is -2.51. The number of carbonyl (C=O) groups excluding carboxylic acids is 1. The Morgan fingerprint density at radius 3 is 2.57 bits per heavy atom.